The molecule has 3 fully saturated rings. The highest BCUT2D eigenvalue weighted by molar-refractivity contribution is 6.05. The van der Waals surface area contributed by atoms with E-state index in [1.54, 1.807) is 6.07 Å². The van der Waals surface area contributed by atoms with Gasteiger partial charge in [-0.15, -0.1) is 0 Å². The van der Waals surface area contributed by atoms with Crippen LogP contribution in [0.4, 0.5) is 9.18 Å². The minimum absolute atomic E-state index is 0.0574. The average molecular weight is 501 g/mol. The van der Waals surface area contributed by atoms with E-state index in [9.17, 15) is 23.6 Å². The molecule has 5 rings (SSSR count). The predicted molar refractivity (Wildman–Crippen MR) is 128 cm³/mol. The number of piperidine rings is 2. The highest BCUT2D eigenvalue weighted by Gasteiger charge is 2.41. The van der Waals surface area contributed by atoms with Crippen molar-refractivity contribution in [2.45, 2.75) is 75.9 Å². The summed E-state index contributed by atoms with van der Waals surface area (Å²) < 4.78 is 14.6. The van der Waals surface area contributed by atoms with Crippen LogP contribution in [0, 0.1) is 11.7 Å². The third kappa shape index (κ3) is 5.09. The van der Waals surface area contributed by atoms with Crippen molar-refractivity contribution in [3.8, 4) is 0 Å². The van der Waals surface area contributed by atoms with Gasteiger partial charge in [-0.25, -0.2) is 9.18 Å². The third-order valence-electron chi connectivity index (χ3n) is 8.37. The Balaban J connectivity index is 1.20. The molecule has 3 N–H and O–H groups in total. The maximum atomic E-state index is 14.6. The van der Waals surface area contributed by atoms with E-state index in [0.717, 1.165) is 69.3 Å². The Morgan fingerprint density at radius 2 is 1.78 bits per heavy atom. The quantitative estimate of drug-likeness (QED) is 0.535. The molecule has 0 spiro atoms. The molecular weight excluding hydrogens is 467 g/mol. The van der Waals surface area contributed by atoms with Crippen molar-refractivity contribution in [2.75, 3.05) is 19.6 Å². The summed E-state index contributed by atoms with van der Waals surface area (Å²) in [7, 11) is 0. The van der Waals surface area contributed by atoms with Crippen LogP contribution in [0.25, 0.3) is 0 Å². The molecule has 3 heterocycles. The fourth-order valence-electron chi connectivity index (χ4n) is 6.47. The van der Waals surface area contributed by atoms with E-state index < -0.39 is 23.9 Å². The van der Waals surface area contributed by atoms with Gasteiger partial charge in [0.15, 0.2) is 0 Å². The van der Waals surface area contributed by atoms with Crippen LogP contribution in [-0.2, 0) is 16.1 Å². The number of rotatable bonds is 5. The van der Waals surface area contributed by atoms with E-state index in [-0.39, 0.29) is 43.2 Å². The van der Waals surface area contributed by atoms with E-state index in [1.165, 1.54) is 11.0 Å². The van der Waals surface area contributed by atoms with E-state index >= 15 is 0 Å². The Morgan fingerprint density at radius 1 is 1.06 bits per heavy atom. The van der Waals surface area contributed by atoms with Crippen molar-refractivity contribution in [3.05, 3.63) is 34.6 Å². The second-order valence-electron chi connectivity index (χ2n) is 10.7. The summed E-state index contributed by atoms with van der Waals surface area (Å²) >= 11 is 0. The largest absolute Gasteiger partial charge is 0.465 e. The number of halogens is 1. The number of amides is 4. The molecule has 9 nitrogen and oxygen atoms in total. The minimum atomic E-state index is -0.953. The normalized spacial score (nSPS) is 27.6. The lowest BCUT2D eigenvalue weighted by Gasteiger charge is -2.37. The SMILES string of the molecule is O=C1CCC(N2Cc3c(cc(F)cc3C3CCN(C[C@H]4CC[C@H](NC(=O)O)CC4)CC3)C2=O)C(=O)N1. The monoisotopic (exact) mass is 500 g/mol. The van der Waals surface area contributed by atoms with E-state index in [0.29, 0.717) is 11.5 Å². The molecule has 3 aliphatic heterocycles. The molecule has 36 heavy (non-hydrogen) atoms. The van der Waals surface area contributed by atoms with E-state index in [2.05, 4.69) is 15.5 Å². The Labute approximate surface area is 209 Å². The lowest BCUT2D eigenvalue weighted by atomic mass is 9.83. The first-order valence-electron chi connectivity index (χ1n) is 13.0. The Hall–Kier alpha value is -3.01. The van der Waals surface area contributed by atoms with Crippen LogP contribution in [0.1, 0.15) is 78.8 Å². The van der Waals surface area contributed by atoms with E-state index in [4.69, 9.17) is 5.11 Å². The number of carboxylic acid groups (broad SMARTS) is 1. The highest BCUT2D eigenvalue weighted by Crippen LogP contribution is 2.38. The molecule has 1 aliphatic carbocycles. The summed E-state index contributed by atoms with van der Waals surface area (Å²) in [6, 6.07) is 2.18. The van der Waals surface area contributed by atoms with Crippen LogP contribution in [0.5, 0.6) is 0 Å². The first-order valence-corrected chi connectivity index (χ1v) is 13.0. The van der Waals surface area contributed by atoms with Crippen molar-refractivity contribution < 1.29 is 28.7 Å². The molecule has 1 aromatic carbocycles. The van der Waals surface area contributed by atoms with Crippen LogP contribution in [0.3, 0.4) is 0 Å². The molecule has 2 saturated heterocycles. The van der Waals surface area contributed by atoms with Crippen molar-refractivity contribution in [3.63, 3.8) is 0 Å². The smallest absolute Gasteiger partial charge is 0.404 e. The summed E-state index contributed by atoms with van der Waals surface area (Å²) in [6.07, 6.45) is 5.05. The zero-order valence-electron chi connectivity index (χ0n) is 20.3. The molecular formula is C26H33FN4O5. The Kier molecular flexibility index (Phi) is 6.96. The summed E-state index contributed by atoms with van der Waals surface area (Å²) in [5, 5.41) is 13.8. The molecule has 4 amide bonds. The van der Waals surface area contributed by atoms with Gasteiger partial charge in [-0.05, 0) is 93.1 Å². The van der Waals surface area contributed by atoms with Crippen molar-refractivity contribution in [2.24, 2.45) is 5.92 Å². The first-order chi connectivity index (χ1) is 17.3. The van der Waals surface area contributed by atoms with Gasteiger partial charge in [-0.1, -0.05) is 0 Å². The van der Waals surface area contributed by atoms with Gasteiger partial charge in [-0.3, -0.25) is 19.7 Å². The zero-order chi connectivity index (χ0) is 25.4. The van der Waals surface area contributed by atoms with Gasteiger partial charge in [0.25, 0.3) is 5.91 Å². The molecule has 0 aromatic heterocycles. The second kappa shape index (κ2) is 10.2. The summed E-state index contributed by atoms with van der Waals surface area (Å²) in [5.74, 6) is -0.858. The van der Waals surface area contributed by atoms with Crippen molar-refractivity contribution >= 4 is 23.8 Å². The van der Waals surface area contributed by atoms with Gasteiger partial charge in [-0.2, -0.15) is 0 Å². The van der Waals surface area contributed by atoms with E-state index in [1.807, 2.05) is 0 Å². The van der Waals surface area contributed by atoms with Crippen LogP contribution < -0.4 is 10.6 Å². The molecule has 1 saturated carbocycles. The molecule has 194 valence electrons. The standard InChI is InChI=1S/C26H33FN4O5/c27-17-11-19(21-14-31(25(34)20(21)12-17)22-5-6-23(32)29-24(22)33)16-7-9-30(10-8-16)13-15-1-3-18(4-2-15)28-26(35)36/h11-12,15-16,18,22,28H,1-10,13-14H2,(H,35,36)(H,29,32,33)/t15-,18-,22?. The molecule has 0 bridgehead atoms. The van der Waals surface area contributed by atoms with Gasteiger partial charge in [0.1, 0.15) is 11.9 Å². The predicted octanol–water partition coefficient (Wildman–Crippen LogP) is 2.59. The minimum Gasteiger partial charge on any atom is -0.465 e. The topological polar surface area (TPSA) is 119 Å². The van der Waals surface area contributed by atoms with Gasteiger partial charge < -0.3 is 20.2 Å². The fourth-order valence-corrected chi connectivity index (χ4v) is 6.47. The third-order valence-corrected chi connectivity index (χ3v) is 8.37. The number of carbonyl (C=O) groups excluding carboxylic acids is 3. The highest BCUT2D eigenvalue weighted by atomic mass is 19.1. The van der Waals surface area contributed by atoms with Gasteiger partial charge >= 0.3 is 6.09 Å². The molecule has 0 radical (unpaired) electrons. The lowest BCUT2D eigenvalue weighted by molar-refractivity contribution is -0.136. The number of hydrogen-bond acceptors (Lipinski definition) is 5. The molecule has 1 atom stereocenters. The zero-order valence-corrected chi connectivity index (χ0v) is 20.3. The summed E-state index contributed by atoms with van der Waals surface area (Å²) in [5.41, 5.74) is 2.02. The summed E-state index contributed by atoms with van der Waals surface area (Å²) in [4.78, 5) is 51.8. The fraction of sp³-hybridized carbons (Fsp3) is 0.615. The molecule has 4 aliphatic rings. The number of imide groups is 1. The van der Waals surface area contributed by atoms with Crippen molar-refractivity contribution in [1.82, 2.24) is 20.4 Å². The number of hydrogen-bond donors (Lipinski definition) is 3. The number of likely N-dealkylation sites (tertiary alicyclic amines) is 1. The number of benzene rings is 1. The van der Waals surface area contributed by atoms with Gasteiger partial charge in [0.05, 0.1) is 0 Å². The molecule has 10 heteroatoms. The Bertz CT molecular complexity index is 1060. The average Bonchev–Trinajstić information content (AvgIpc) is 3.16. The lowest BCUT2D eigenvalue weighted by Crippen LogP contribution is -2.52. The summed E-state index contributed by atoms with van der Waals surface area (Å²) in [6.45, 7) is 3.06. The van der Waals surface area contributed by atoms with Crippen LogP contribution >= 0.6 is 0 Å². The second-order valence-corrected chi connectivity index (χ2v) is 10.7. The number of carbonyl (C=O) groups is 4. The van der Waals surface area contributed by atoms with Crippen LogP contribution in [-0.4, -0.2) is 70.4 Å². The first kappa shape index (κ1) is 24.7. The van der Waals surface area contributed by atoms with Gasteiger partial charge in [0, 0.05) is 31.1 Å². The molecule has 1 unspecified atom stereocenters. The maximum Gasteiger partial charge on any atom is 0.404 e. The molecule has 1 aromatic rings. The van der Waals surface area contributed by atoms with Gasteiger partial charge in [0.2, 0.25) is 11.8 Å². The number of nitrogens with zero attached hydrogens (tertiary/aromatic N) is 2. The maximum absolute atomic E-state index is 14.6. The van der Waals surface area contributed by atoms with Crippen molar-refractivity contribution in [1.29, 1.82) is 0 Å². The number of nitrogens with one attached hydrogen (secondary N) is 2. The Morgan fingerprint density at radius 3 is 2.44 bits per heavy atom. The number of fused-ring (bicyclic) bond motifs is 1. The van der Waals surface area contributed by atoms with Crippen LogP contribution in [0.2, 0.25) is 0 Å². The van der Waals surface area contributed by atoms with Crippen LogP contribution in [0.15, 0.2) is 12.1 Å².